The number of nitrogens with zero attached hydrogens (tertiary/aromatic N) is 2. The predicted octanol–water partition coefficient (Wildman–Crippen LogP) is 4.04. The monoisotopic (exact) mass is 284 g/mol. The summed E-state index contributed by atoms with van der Waals surface area (Å²) < 4.78 is 0. The zero-order chi connectivity index (χ0) is 13.9. The van der Waals surface area contributed by atoms with E-state index in [1.54, 1.807) is 11.3 Å². The highest BCUT2D eigenvalue weighted by atomic mass is 32.1. The van der Waals surface area contributed by atoms with E-state index in [9.17, 15) is 0 Å². The molecule has 3 aromatic rings. The number of hydrogen-bond acceptors (Lipinski definition) is 5. The van der Waals surface area contributed by atoms with E-state index in [-0.39, 0.29) is 0 Å². The van der Waals surface area contributed by atoms with Crippen molar-refractivity contribution in [2.24, 2.45) is 0 Å². The van der Waals surface area contributed by atoms with Crippen molar-refractivity contribution < 1.29 is 0 Å². The van der Waals surface area contributed by atoms with Gasteiger partial charge in [-0.1, -0.05) is 19.1 Å². The normalized spacial score (nSPS) is 10.7. The maximum absolute atomic E-state index is 4.52. The molecule has 2 N–H and O–H groups in total. The van der Waals surface area contributed by atoms with Crippen LogP contribution in [-0.4, -0.2) is 17.0 Å². The highest BCUT2D eigenvalue weighted by Gasteiger charge is 2.08. The van der Waals surface area contributed by atoms with Crippen LogP contribution in [0.2, 0.25) is 0 Å². The third kappa shape index (κ3) is 2.44. The smallest absolute Gasteiger partial charge is 0.225 e. The van der Waals surface area contributed by atoms with Gasteiger partial charge in [0.2, 0.25) is 5.95 Å². The highest BCUT2D eigenvalue weighted by Crippen LogP contribution is 2.28. The molecular weight excluding hydrogens is 268 g/mol. The Morgan fingerprint density at radius 1 is 1.20 bits per heavy atom. The van der Waals surface area contributed by atoms with Gasteiger partial charge in [-0.3, -0.25) is 0 Å². The van der Waals surface area contributed by atoms with Crippen LogP contribution in [0.25, 0.3) is 10.2 Å². The SMILES string of the molecule is CCc1cccc(Nc2nc(NC)nc3sccc23)c1. The maximum atomic E-state index is 4.52. The van der Waals surface area contributed by atoms with Crippen LogP contribution in [0.3, 0.4) is 0 Å². The topological polar surface area (TPSA) is 49.8 Å². The molecule has 20 heavy (non-hydrogen) atoms. The van der Waals surface area contributed by atoms with Gasteiger partial charge < -0.3 is 10.6 Å². The molecule has 4 nitrogen and oxygen atoms in total. The maximum Gasteiger partial charge on any atom is 0.225 e. The molecule has 2 heterocycles. The average molecular weight is 284 g/mol. The molecule has 0 bridgehead atoms. The summed E-state index contributed by atoms with van der Waals surface area (Å²) in [7, 11) is 1.83. The summed E-state index contributed by atoms with van der Waals surface area (Å²) in [5.74, 6) is 1.47. The molecule has 0 aliphatic rings. The van der Waals surface area contributed by atoms with Crippen molar-refractivity contribution in [2.75, 3.05) is 17.7 Å². The van der Waals surface area contributed by atoms with Crippen LogP contribution in [0.4, 0.5) is 17.5 Å². The standard InChI is InChI=1S/C15H16N4S/c1-3-10-5-4-6-11(9-10)17-13-12-7-8-20-14(12)19-15(16-2)18-13/h4-9H,3H2,1-2H3,(H2,16,17,18,19). The Hall–Kier alpha value is -2.14. The Morgan fingerprint density at radius 2 is 2.10 bits per heavy atom. The van der Waals surface area contributed by atoms with Crippen LogP contribution in [0, 0.1) is 0 Å². The number of thiophene rings is 1. The summed E-state index contributed by atoms with van der Waals surface area (Å²) in [4.78, 5) is 9.95. The number of hydrogen-bond donors (Lipinski definition) is 2. The fourth-order valence-corrected chi connectivity index (χ4v) is 2.83. The largest absolute Gasteiger partial charge is 0.357 e. The fourth-order valence-electron chi connectivity index (χ4n) is 2.07. The second kappa shape index (κ2) is 5.46. The van der Waals surface area contributed by atoms with Gasteiger partial charge >= 0.3 is 0 Å². The summed E-state index contributed by atoms with van der Waals surface area (Å²) in [6.45, 7) is 2.15. The van der Waals surface area contributed by atoms with Crippen molar-refractivity contribution in [1.29, 1.82) is 0 Å². The summed E-state index contributed by atoms with van der Waals surface area (Å²) in [6.07, 6.45) is 1.02. The lowest BCUT2D eigenvalue weighted by atomic mass is 10.1. The molecule has 0 saturated carbocycles. The molecule has 3 rings (SSSR count). The molecule has 0 aliphatic heterocycles. The van der Waals surface area contributed by atoms with Crippen molar-refractivity contribution in [1.82, 2.24) is 9.97 Å². The van der Waals surface area contributed by atoms with E-state index in [1.165, 1.54) is 5.56 Å². The first-order valence-electron chi connectivity index (χ1n) is 6.59. The van der Waals surface area contributed by atoms with E-state index in [4.69, 9.17) is 0 Å². The summed E-state index contributed by atoms with van der Waals surface area (Å²) in [6, 6.07) is 10.4. The Kier molecular flexibility index (Phi) is 3.52. The van der Waals surface area contributed by atoms with Crippen molar-refractivity contribution in [3.63, 3.8) is 0 Å². The van der Waals surface area contributed by atoms with Gasteiger partial charge in [0.25, 0.3) is 0 Å². The Morgan fingerprint density at radius 3 is 2.90 bits per heavy atom. The number of anilines is 3. The number of benzene rings is 1. The molecule has 0 aliphatic carbocycles. The number of nitrogens with one attached hydrogen (secondary N) is 2. The zero-order valence-electron chi connectivity index (χ0n) is 11.5. The molecule has 1 aromatic carbocycles. The van der Waals surface area contributed by atoms with Gasteiger partial charge in [-0.2, -0.15) is 4.98 Å². The first kappa shape index (κ1) is 12.9. The molecule has 2 aromatic heterocycles. The molecule has 0 unspecified atom stereocenters. The van der Waals surface area contributed by atoms with Crippen LogP contribution in [0.5, 0.6) is 0 Å². The molecule has 0 atom stereocenters. The van der Waals surface area contributed by atoms with Gasteiger partial charge in [0.15, 0.2) is 0 Å². The van der Waals surface area contributed by atoms with Crippen molar-refractivity contribution in [3.8, 4) is 0 Å². The van der Waals surface area contributed by atoms with Gasteiger partial charge in [0.05, 0.1) is 5.39 Å². The van der Waals surface area contributed by atoms with Crippen LogP contribution in [0.15, 0.2) is 35.7 Å². The Labute approximate surface area is 121 Å². The summed E-state index contributed by atoms with van der Waals surface area (Å²) >= 11 is 1.62. The molecule has 0 fully saturated rings. The van der Waals surface area contributed by atoms with Gasteiger partial charge in [-0.25, -0.2) is 4.98 Å². The molecule has 102 valence electrons. The minimum atomic E-state index is 0.633. The van der Waals surface area contributed by atoms with E-state index in [0.717, 1.165) is 28.1 Å². The second-order valence-electron chi connectivity index (χ2n) is 4.46. The van der Waals surface area contributed by atoms with Crippen LogP contribution in [-0.2, 0) is 6.42 Å². The Balaban J connectivity index is 2.02. The fraction of sp³-hybridized carbons (Fsp3) is 0.200. The van der Waals surface area contributed by atoms with Crippen molar-refractivity contribution >= 4 is 39.0 Å². The van der Waals surface area contributed by atoms with Crippen molar-refractivity contribution in [3.05, 3.63) is 41.3 Å². The van der Waals surface area contributed by atoms with E-state index >= 15 is 0 Å². The average Bonchev–Trinajstić information content (AvgIpc) is 2.96. The van der Waals surface area contributed by atoms with E-state index < -0.39 is 0 Å². The van der Waals surface area contributed by atoms with Crippen LogP contribution in [0.1, 0.15) is 12.5 Å². The Bertz CT molecular complexity index is 736. The van der Waals surface area contributed by atoms with Gasteiger partial charge in [-0.15, -0.1) is 11.3 Å². The summed E-state index contributed by atoms with van der Waals surface area (Å²) in [5.41, 5.74) is 2.36. The van der Waals surface area contributed by atoms with Gasteiger partial charge in [0, 0.05) is 12.7 Å². The number of rotatable bonds is 4. The second-order valence-corrected chi connectivity index (χ2v) is 5.36. The molecule has 0 spiro atoms. The van der Waals surface area contributed by atoms with E-state index in [2.05, 4.69) is 51.8 Å². The third-order valence-corrected chi connectivity index (χ3v) is 3.95. The summed E-state index contributed by atoms with van der Waals surface area (Å²) in [5, 5.41) is 9.49. The predicted molar refractivity (Wildman–Crippen MR) is 86.1 cm³/mol. The van der Waals surface area contributed by atoms with Crippen LogP contribution < -0.4 is 10.6 Å². The number of fused-ring (bicyclic) bond motifs is 1. The van der Waals surface area contributed by atoms with E-state index in [0.29, 0.717) is 5.95 Å². The third-order valence-electron chi connectivity index (χ3n) is 3.15. The van der Waals surface area contributed by atoms with Gasteiger partial charge in [-0.05, 0) is 35.6 Å². The number of aromatic nitrogens is 2. The molecular formula is C15H16N4S. The van der Waals surface area contributed by atoms with Crippen molar-refractivity contribution in [2.45, 2.75) is 13.3 Å². The molecule has 5 heteroatoms. The molecule has 0 amide bonds. The van der Waals surface area contributed by atoms with E-state index in [1.807, 2.05) is 18.5 Å². The first-order chi connectivity index (χ1) is 9.80. The molecule has 0 radical (unpaired) electrons. The quantitative estimate of drug-likeness (QED) is 0.759. The first-order valence-corrected chi connectivity index (χ1v) is 7.47. The lowest BCUT2D eigenvalue weighted by Crippen LogP contribution is -2.01. The minimum Gasteiger partial charge on any atom is -0.357 e. The zero-order valence-corrected chi connectivity index (χ0v) is 12.3. The lowest BCUT2D eigenvalue weighted by Gasteiger charge is -2.09. The molecule has 0 saturated heterocycles. The lowest BCUT2D eigenvalue weighted by molar-refractivity contribution is 1.14. The minimum absolute atomic E-state index is 0.633. The van der Waals surface area contributed by atoms with Crippen LogP contribution >= 0.6 is 11.3 Å². The highest BCUT2D eigenvalue weighted by molar-refractivity contribution is 7.16. The number of aryl methyl sites for hydroxylation is 1. The van der Waals surface area contributed by atoms with Gasteiger partial charge in [0.1, 0.15) is 10.6 Å².